The summed E-state index contributed by atoms with van der Waals surface area (Å²) in [5, 5.41) is 0.570. The van der Waals surface area contributed by atoms with E-state index >= 15 is 0 Å². The zero-order valence-electron chi connectivity index (χ0n) is 11.6. The van der Waals surface area contributed by atoms with Gasteiger partial charge in [-0.15, -0.1) is 0 Å². The fourth-order valence-electron chi connectivity index (χ4n) is 1.56. The molecule has 0 unspecified atom stereocenters. The van der Waals surface area contributed by atoms with Crippen molar-refractivity contribution in [1.29, 1.82) is 0 Å². The smallest absolute Gasteiger partial charge is 0.241 e. The summed E-state index contributed by atoms with van der Waals surface area (Å²) in [6.07, 6.45) is 2.56. The number of nitrogens with two attached hydrogens (primary N) is 1. The minimum Gasteiger partial charge on any atom is -0.476 e. The SMILES string of the molecule is CCOc1ncnc(Sc2ccc(S(C)(=O)=O)cc2)c1N. The third-order valence-corrected chi connectivity index (χ3v) is 4.71. The molecule has 1 aromatic heterocycles. The second-order valence-corrected chi connectivity index (χ2v) is 7.25. The maximum atomic E-state index is 11.4. The lowest BCUT2D eigenvalue weighted by Gasteiger charge is -2.08. The van der Waals surface area contributed by atoms with Crippen molar-refractivity contribution in [2.75, 3.05) is 18.6 Å². The summed E-state index contributed by atoms with van der Waals surface area (Å²) in [5.41, 5.74) is 6.32. The molecule has 0 radical (unpaired) electrons. The highest BCUT2D eigenvalue weighted by Gasteiger charge is 2.11. The van der Waals surface area contributed by atoms with E-state index in [0.717, 1.165) is 4.90 Å². The zero-order valence-corrected chi connectivity index (χ0v) is 13.2. The Morgan fingerprint density at radius 1 is 1.24 bits per heavy atom. The number of aromatic nitrogens is 2. The fraction of sp³-hybridized carbons (Fsp3) is 0.231. The van der Waals surface area contributed by atoms with E-state index in [-0.39, 0.29) is 4.90 Å². The van der Waals surface area contributed by atoms with E-state index in [0.29, 0.717) is 23.2 Å². The first-order valence-electron chi connectivity index (χ1n) is 6.13. The van der Waals surface area contributed by atoms with Crippen molar-refractivity contribution in [2.24, 2.45) is 0 Å². The largest absolute Gasteiger partial charge is 0.476 e. The Hall–Kier alpha value is -1.80. The highest BCUT2D eigenvalue weighted by molar-refractivity contribution is 7.99. The second-order valence-electron chi connectivity index (χ2n) is 4.18. The normalized spacial score (nSPS) is 11.3. The van der Waals surface area contributed by atoms with Gasteiger partial charge in [0.1, 0.15) is 17.0 Å². The van der Waals surface area contributed by atoms with Gasteiger partial charge in [-0.25, -0.2) is 13.4 Å². The number of benzene rings is 1. The van der Waals surface area contributed by atoms with Gasteiger partial charge in [-0.3, -0.25) is 0 Å². The molecular weight excluding hydrogens is 310 g/mol. The van der Waals surface area contributed by atoms with Gasteiger partial charge in [0.25, 0.3) is 0 Å². The standard InChI is InChI=1S/C13H15N3O3S2/c1-3-19-12-11(14)13(16-8-15-12)20-9-4-6-10(7-5-9)21(2,17)18/h4-8H,3,14H2,1-2H3. The van der Waals surface area contributed by atoms with E-state index < -0.39 is 9.84 Å². The molecule has 2 rings (SSSR count). The number of rotatable bonds is 5. The first-order valence-corrected chi connectivity index (χ1v) is 8.84. The van der Waals surface area contributed by atoms with E-state index in [1.54, 1.807) is 24.3 Å². The van der Waals surface area contributed by atoms with E-state index in [2.05, 4.69) is 9.97 Å². The molecule has 6 nitrogen and oxygen atoms in total. The van der Waals surface area contributed by atoms with Crippen molar-refractivity contribution < 1.29 is 13.2 Å². The molecule has 2 aromatic rings. The zero-order chi connectivity index (χ0) is 15.5. The number of nitrogen functional groups attached to an aromatic ring is 1. The van der Waals surface area contributed by atoms with Crippen LogP contribution < -0.4 is 10.5 Å². The lowest BCUT2D eigenvalue weighted by atomic mass is 10.4. The van der Waals surface area contributed by atoms with Crippen LogP contribution >= 0.6 is 11.8 Å². The van der Waals surface area contributed by atoms with E-state index in [1.165, 1.54) is 24.3 Å². The van der Waals surface area contributed by atoms with Crippen LogP contribution in [0.2, 0.25) is 0 Å². The van der Waals surface area contributed by atoms with Gasteiger partial charge in [0.2, 0.25) is 5.88 Å². The Balaban J connectivity index is 2.24. The molecule has 0 aliphatic heterocycles. The summed E-state index contributed by atoms with van der Waals surface area (Å²) in [7, 11) is -3.19. The maximum Gasteiger partial charge on any atom is 0.241 e. The third-order valence-electron chi connectivity index (χ3n) is 2.56. The predicted octanol–water partition coefficient (Wildman–Crippen LogP) is 2.01. The lowest BCUT2D eigenvalue weighted by Crippen LogP contribution is -2.02. The van der Waals surface area contributed by atoms with Gasteiger partial charge < -0.3 is 10.5 Å². The molecule has 0 aliphatic rings. The maximum absolute atomic E-state index is 11.4. The molecule has 2 N–H and O–H groups in total. The number of sulfone groups is 1. The van der Waals surface area contributed by atoms with Crippen molar-refractivity contribution in [1.82, 2.24) is 9.97 Å². The van der Waals surface area contributed by atoms with Gasteiger partial charge >= 0.3 is 0 Å². The first-order chi connectivity index (χ1) is 9.91. The van der Waals surface area contributed by atoms with Gasteiger partial charge in [0.05, 0.1) is 11.5 Å². The Labute approximate surface area is 127 Å². The van der Waals surface area contributed by atoms with E-state index in [1.807, 2.05) is 6.92 Å². The topological polar surface area (TPSA) is 95.2 Å². The number of hydrogen-bond acceptors (Lipinski definition) is 7. The summed E-state index contributed by atoms with van der Waals surface area (Å²) < 4.78 is 28.1. The molecule has 0 aliphatic carbocycles. The Bertz CT molecular complexity index is 731. The molecule has 0 spiro atoms. The van der Waals surface area contributed by atoms with Crippen LogP contribution in [-0.2, 0) is 9.84 Å². The minimum atomic E-state index is -3.19. The highest BCUT2D eigenvalue weighted by Crippen LogP contribution is 2.34. The number of ether oxygens (including phenoxy) is 1. The molecule has 0 bridgehead atoms. The Kier molecular flexibility index (Phi) is 4.69. The van der Waals surface area contributed by atoms with Crippen LogP contribution in [-0.4, -0.2) is 31.2 Å². The monoisotopic (exact) mass is 325 g/mol. The van der Waals surface area contributed by atoms with E-state index in [4.69, 9.17) is 10.5 Å². The number of hydrogen-bond donors (Lipinski definition) is 1. The quantitative estimate of drug-likeness (QED) is 0.840. The number of nitrogens with zero attached hydrogens (tertiary/aromatic N) is 2. The summed E-state index contributed by atoms with van der Waals surface area (Å²) in [6.45, 7) is 2.31. The van der Waals surface area contributed by atoms with Crippen LogP contribution in [0.1, 0.15) is 6.92 Å². The number of anilines is 1. The van der Waals surface area contributed by atoms with Gasteiger partial charge in [-0.2, -0.15) is 4.98 Å². The molecule has 0 fully saturated rings. The molecule has 8 heteroatoms. The van der Waals surface area contributed by atoms with Crippen LogP contribution in [0.3, 0.4) is 0 Å². The molecule has 112 valence electrons. The molecule has 21 heavy (non-hydrogen) atoms. The van der Waals surface area contributed by atoms with Crippen molar-refractivity contribution in [3.05, 3.63) is 30.6 Å². The summed E-state index contributed by atoms with van der Waals surface area (Å²) >= 11 is 1.32. The summed E-state index contributed by atoms with van der Waals surface area (Å²) in [6, 6.07) is 6.53. The molecule has 0 atom stereocenters. The van der Waals surface area contributed by atoms with Crippen LogP contribution in [0.25, 0.3) is 0 Å². The molecule has 1 heterocycles. The van der Waals surface area contributed by atoms with Crippen molar-refractivity contribution in [3.63, 3.8) is 0 Å². The molecule has 1 aromatic carbocycles. The molecular formula is C13H15N3O3S2. The summed E-state index contributed by atoms with van der Waals surface area (Å²) in [5.74, 6) is 0.350. The van der Waals surface area contributed by atoms with Gasteiger partial charge in [-0.1, -0.05) is 11.8 Å². The Morgan fingerprint density at radius 2 is 1.90 bits per heavy atom. The summed E-state index contributed by atoms with van der Waals surface area (Å²) in [4.78, 5) is 9.19. The average Bonchev–Trinajstić information content (AvgIpc) is 2.43. The van der Waals surface area contributed by atoms with Crippen LogP contribution in [0.4, 0.5) is 5.69 Å². The second kappa shape index (κ2) is 6.31. The fourth-order valence-corrected chi connectivity index (χ4v) is 2.99. The van der Waals surface area contributed by atoms with Crippen molar-refractivity contribution in [2.45, 2.75) is 21.7 Å². The third kappa shape index (κ3) is 3.85. The minimum absolute atomic E-state index is 0.275. The Morgan fingerprint density at radius 3 is 2.48 bits per heavy atom. The van der Waals surface area contributed by atoms with Crippen LogP contribution in [0, 0.1) is 0 Å². The molecule has 0 amide bonds. The van der Waals surface area contributed by atoms with Crippen LogP contribution in [0.5, 0.6) is 5.88 Å². The van der Waals surface area contributed by atoms with Gasteiger partial charge in [0.15, 0.2) is 9.84 Å². The van der Waals surface area contributed by atoms with Crippen molar-refractivity contribution >= 4 is 27.3 Å². The molecule has 0 saturated heterocycles. The predicted molar refractivity (Wildman–Crippen MR) is 81.3 cm³/mol. The van der Waals surface area contributed by atoms with Crippen LogP contribution in [0.15, 0.2) is 45.4 Å². The lowest BCUT2D eigenvalue weighted by molar-refractivity contribution is 0.327. The van der Waals surface area contributed by atoms with Crippen molar-refractivity contribution in [3.8, 4) is 5.88 Å². The first kappa shape index (κ1) is 15.6. The van der Waals surface area contributed by atoms with Gasteiger partial charge in [0, 0.05) is 11.2 Å². The average molecular weight is 325 g/mol. The van der Waals surface area contributed by atoms with Gasteiger partial charge in [-0.05, 0) is 31.2 Å². The highest BCUT2D eigenvalue weighted by atomic mass is 32.2. The van der Waals surface area contributed by atoms with E-state index in [9.17, 15) is 8.42 Å². The molecule has 0 saturated carbocycles.